The van der Waals surface area contributed by atoms with Crippen LogP contribution in [-0.4, -0.2) is 154 Å². The largest absolute Gasteiger partial charge is 0.467 e. The zero-order valence-corrected chi connectivity index (χ0v) is 57.1. The minimum Gasteiger partial charge on any atom is -0.467 e. The van der Waals surface area contributed by atoms with Crippen LogP contribution in [0, 0.1) is 0 Å². The number of methoxy groups -OCH3 is 4. The van der Waals surface area contributed by atoms with Gasteiger partial charge in [-0.05, 0) is 55.7 Å². The average Bonchev–Trinajstić information content (AvgIpc) is 0.810. The van der Waals surface area contributed by atoms with E-state index in [-0.39, 0.29) is 56.6 Å². The molecule has 20 nitrogen and oxygen atoms in total. The number of esters is 3. The number of unbranched alkanes of at least 4 members (excludes halogenated alkanes) is 2. The van der Waals surface area contributed by atoms with Crippen LogP contribution in [0.4, 0.5) is 0 Å². The standard InChI is InChI=1S/C70H86N6O14P2S2/c1-87-65(81)47-71-67(83)59(75-63(79)43-41-57(69(85)89-3)73-61(77)39-23-25-45-91(51-27-11-5-12-28-51,52-29-13-6-14-30-52)53-31-15-7-16-32-53)49-93-94-50-60(68(84)72-48-66(82)88-2)76-64(80)44-42-58(70(86)90-4)74-62(78)40-24-26-46-92(54-33-17-8-18-34-54,55-35-19-9-20-36-55)56-37-21-10-22-38-56/h5-22,27-38,57-60,65,81,91H,23-26,39-50H2,1-4H3,(H5-,71,72,73,74,75,76,77,78,79,80,83,84)/p+1/t57?,58?,59-,60-,65?/m0/s1. The third kappa shape index (κ3) is 22.9. The van der Waals surface area contributed by atoms with E-state index in [0.29, 0.717) is 25.7 Å². The minimum absolute atomic E-state index is 0.0948. The van der Waals surface area contributed by atoms with Gasteiger partial charge in [-0.3, -0.25) is 24.0 Å². The normalized spacial score (nSPS) is 13.0. The molecule has 0 aliphatic carbocycles. The number of amides is 6. The average molecular weight is 1360 g/mol. The van der Waals surface area contributed by atoms with E-state index in [1.165, 1.54) is 53.2 Å². The van der Waals surface area contributed by atoms with Gasteiger partial charge in [-0.15, -0.1) is 0 Å². The van der Waals surface area contributed by atoms with Gasteiger partial charge in [0.05, 0.1) is 26.9 Å². The van der Waals surface area contributed by atoms with E-state index in [1.807, 2.05) is 109 Å². The Morgan fingerprint density at radius 2 is 0.787 bits per heavy atom. The summed E-state index contributed by atoms with van der Waals surface area (Å²) in [7, 11) is 2.11. The Labute approximate surface area is 559 Å². The third-order valence-corrected chi connectivity index (χ3v) is 27.9. The summed E-state index contributed by atoms with van der Waals surface area (Å²) in [6.45, 7) is -0.854. The van der Waals surface area contributed by atoms with Crippen molar-refractivity contribution in [3.05, 3.63) is 182 Å². The number of benzene rings is 6. The molecular formula is C70H87N6O14P2S2+. The Bertz CT molecular complexity index is 3160. The van der Waals surface area contributed by atoms with E-state index in [2.05, 4.69) is 109 Å². The maximum absolute atomic E-state index is 13.6. The fourth-order valence-corrected chi connectivity index (χ4v) is 22.7. The molecule has 0 aromatic heterocycles. The van der Waals surface area contributed by atoms with E-state index in [1.54, 1.807) is 0 Å². The van der Waals surface area contributed by atoms with Gasteiger partial charge in [-0.1, -0.05) is 76.2 Å². The Morgan fingerprint density at radius 1 is 0.436 bits per heavy atom. The first-order chi connectivity index (χ1) is 45.6. The quantitative estimate of drug-likeness (QED) is 0.00689. The second-order valence-electron chi connectivity index (χ2n) is 22.1. The van der Waals surface area contributed by atoms with Crippen molar-refractivity contribution < 1.29 is 67.2 Å². The van der Waals surface area contributed by atoms with Crippen molar-refractivity contribution in [3.63, 3.8) is 0 Å². The SMILES string of the molecule is COC(=O)CNC(=O)[C@H](CSSC[C@H](NC(=O)CCC(NC(=O)CCCC[PH](c1ccccc1)(c1ccccc1)c1ccccc1)C(=O)OC)C(=O)NCC(O)OC)NC(=O)CCC(NC(=O)CCCC[P+](c1ccccc1)(c1ccccc1)c1ccccc1)C(=O)OC. The molecule has 0 aliphatic rings. The molecule has 0 saturated carbocycles. The topological polar surface area (TPSA) is 283 Å². The van der Waals surface area contributed by atoms with Crippen LogP contribution < -0.4 is 63.7 Å². The van der Waals surface area contributed by atoms with Gasteiger partial charge in [0.1, 0.15) is 41.8 Å². The molecule has 6 rings (SSSR count). The number of hydrogen-bond donors (Lipinski definition) is 7. The summed E-state index contributed by atoms with van der Waals surface area (Å²) < 4.78 is 19.6. The van der Waals surface area contributed by atoms with E-state index in [0.717, 1.165) is 41.0 Å². The number of carbonyl (C=O) groups is 9. The summed E-state index contributed by atoms with van der Waals surface area (Å²) in [4.78, 5) is 120. The molecule has 6 aromatic rings. The van der Waals surface area contributed by atoms with E-state index >= 15 is 0 Å². The monoisotopic (exact) mass is 1360 g/mol. The number of nitrogens with one attached hydrogen (secondary N) is 6. The first-order valence-corrected chi connectivity index (χ1v) is 37.9. The van der Waals surface area contributed by atoms with Gasteiger partial charge in [0.2, 0.25) is 23.6 Å². The smallest absolute Gasteiger partial charge is 0.328 e. The Hall–Kier alpha value is -7.97. The van der Waals surface area contributed by atoms with Crippen molar-refractivity contribution in [3.8, 4) is 0 Å². The molecule has 3 unspecified atom stereocenters. The maximum Gasteiger partial charge on any atom is 0.328 e. The van der Waals surface area contributed by atoms with Crippen molar-refractivity contribution in [1.29, 1.82) is 0 Å². The van der Waals surface area contributed by atoms with Gasteiger partial charge in [0, 0.05) is 31.5 Å². The van der Waals surface area contributed by atoms with E-state index in [4.69, 9.17) is 14.2 Å². The van der Waals surface area contributed by atoms with Crippen LogP contribution in [0.2, 0.25) is 0 Å². The van der Waals surface area contributed by atoms with Crippen LogP contribution in [0.15, 0.2) is 182 Å². The van der Waals surface area contributed by atoms with Crippen LogP contribution in [0.5, 0.6) is 0 Å². The Morgan fingerprint density at radius 3 is 1.16 bits per heavy atom. The summed E-state index contributed by atoms with van der Waals surface area (Å²) in [6, 6.07) is 57.6. The van der Waals surface area contributed by atoms with Gasteiger partial charge >= 0.3 is 231 Å². The molecule has 94 heavy (non-hydrogen) atoms. The molecule has 0 radical (unpaired) electrons. The predicted molar refractivity (Wildman–Crippen MR) is 375 cm³/mol. The minimum atomic E-state index is -2.55. The van der Waals surface area contributed by atoms with Gasteiger partial charge in [-0.25, -0.2) is 4.79 Å². The molecule has 6 aromatic carbocycles. The number of aliphatic hydroxyl groups is 1. The Kier molecular flexibility index (Phi) is 32.2. The summed E-state index contributed by atoms with van der Waals surface area (Å²) >= 11 is 0. The fraction of sp³-hybridized carbons (Fsp3) is 0.357. The molecule has 24 heteroatoms. The third-order valence-electron chi connectivity index (χ3n) is 15.9. The zero-order chi connectivity index (χ0) is 67.6. The van der Waals surface area contributed by atoms with Crippen LogP contribution in [0.3, 0.4) is 0 Å². The number of hydrogen-bond acceptors (Lipinski definition) is 16. The molecule has 0 bridgehead atoms. The van der Waals surface area contributed by atoms with Gasteiger partial charge in [0.25, 0.3) is 0 Å². The molecular weight excluding hydrogens is 1270 g/mol. The summed E-state index contributed by atoms with van der Waals surface area (Å²) in [6.07, 6.45) is 1.82. The molecule has 0 spiro atoms. The molecule has 0 heterocycles. The molecule has 502 valence electrons. The second-order valence-corrected chi connectivity index (χ2v) is 32.3. The molecule has 0 saturated heterocycles. The first-order valence-electron chi connectivity index (χ1n) is 31.2. The van der Waals surface area contributed by atoms with Crippen molar-refractivity contribution in [2.45, 2.75) is 94.7 Å². The molecule has 7 N–H and O–H groups in total. The van der Waals surface area contributed by atoms with Crippen molar-refractivity contribution in [1.82, 2.24) is 31.9 Å². The van der Waals surface area contributed by atoms with Crippen LogP contribution >= 0.6 is 36.1 Å². The van der Waals surface area contributed by atoms with E-state index in [9.17, 15) is 48.3 Å². The van der Waals surface area contributed by atoms with Gasteiger partial charge in [0.15, 0.2) is 6.29 Å². The maximum atomic E-state index is 13.6. The summed E-state index contributed by atoms with van der Waals surface area (Å²) in [5.41, 5.74) is 0. The number of ether oxygens (including phenoxy) is 4. The second kappa shape index (κ2) is 40.3. The Balaban J connectivity index is 1.03. The molecule has 6 amide bonds. The zero-order valence-electron chi connectivity index (χ0n) is 53.5. The van der Waals surface area contributed by atoms with Gasteiger partial charge in [-0.2, -0.15) is 0 Å². The summed E-state index contributed by atoms with van der Waals surface area (Å²) in [5, 5.41) is 33.2. The molecule has 5 atom stereocenters. The van der Waals surface area contributed by atoms with Crippen molar-refractivity contribution in [2.75, 3.05) is 65.4 Å². The molecule has 0 fully saturated rings. The number of carbonyl (C=O) groups excluding carboxylic acids is 9. The van der Waals surface area contributed by atoms with Crippen LogP contribution in [0.1, 0.15) is 64.2 Å². The van der Waals surface area contributed by atoms with Crippen molar-refractivity contribution >= 4 is 121 Å². The van der Waals surface area contributed by atoms with Crippen molar-refractivity contribution in [2.24, 2.45) is 0 Å². The van der Waals surface area contributed by atoms with Crippen LogP contribution in [-0.2, 0) is 62.1 Å². The number of rotatable bonds is 40. The van der Waals surface area contributed by atoms with Gasteiger partial charge < -0.3 is 40.6 Å². The van der Waals surface area contributed by atoms with E-state index < -0.39 is 105 Å². The summed E-state index contributed by atoms with van der Waals surface area (Å²) in [5.74, 6) is -6.16. The number of aliphatic hydroxyl groups excluding tert-OH is 1. The van der Waals surface area contributed by atoms with Crippen LogP contribution in [0.25, 0.3) is 0 Å². The first kappa shape index (κ1) is 75.1. The molecule has 0 aliphatic heterocycles. The predicted octanol–water partition coefficient (Wildman–Crippen LogP) is 4.64. The fourth-order valence-electron chi connectivity index (χ4n) is 11.0.